The Kier molecular flexibility index (Phi) is 10.6. The van der Waals surface area contributed by atoms with Gasteiger partial charge < -0.3 is 19.7 Å². The average molecular weight is 822 g/mol. The maximum Gasteiger partial charge on any atom is 0.272 e. The van der Waals surface area contributed by atoms with Gasteiger partial charge in [0.05, 0.1) is 28.8 Å². The number of piperidine rings is 2. The second-order valence-electron chi connectivity index (χ2n) is 17.8. The topological polar surface area (TPSA) is 164 Å². The van der Waals surface area contributed by atoms with E-state index in [0.717, 1.165) is 62.3 Å². The SMILES string of the molecule is [C-]#[N+]c1ccc(OC2C(C)(C)C(NC(=O)c3ccc(N4CCC(CCC5CC(Oc6ccc7c(c6)C(=O)N(C6CCC(=O)NC6=O)C7=O)C5)CC4)nn3)C2(C)C)cc1Cl. The van der Waals surface area contributed by atoms with Gasteiger partial charge in [-0.15, -0.1) is 10.2 Å². The molecule has 2 aliphatic carbocycles. The zero-order chi connectivity index (χ0) is 41.8. The number of nitrogens with zero attached hydrogens (tertiary/aromatic N) is 5. The van der Waals surface area contributed by atoms with E-state index in [1.165, 1.54) is 0 Å². The molecule has 1 aromatic heterocycles. The van der Waals surface area contributed by atoms with Crippen molar-refractivity contribution in [3.8, 4) is 11.5 Å². The number of hydrogen-bond acceptors (Lipinski definition) is 10. The second-order valence-corrected chi connectivity index (χ2v) is 18.2. The molecule has 14 nitrogen and oxygen atoms in total. The summed E-state index contributed by atoms with van der Waals surface area (Å²) in [7, 11) is 0. The second kappa shape index (κ2) is 15.6. The summed E-state index contributed by atoms with van der Waals surface area (Å²) in [4.78, 5) is 70.1. The van der Waals surface area contributed by atoms with Gasteiger partial charge in [-0.3, -0.25) is 34.2 Å². The van der Waals surface area contributed by atoms with Gasteiger partial charge in [-0.2, -0.15) is 0 Å². The normalized spacial score (nSPS) is 25.9. The summed E-state index contributed by atoms with van der Waals surface area (Å²) in [6.07, 6.45) is 6.26. The minimum absolute atomic E-state index is 0.0422. The van der Waals surface area contributed by atoms with Crippen LogP contribution in [0.15, 0.2) is 48.5 Å². The fraction of sp³-hybridized carbons (Fsp3) is 0.500. The molecule has 4 heterocycles. The number of fused-ring (bicyclic) bond motifs is 1. The molecule has 0 bridgehead atoms. The molecule has 0 radical (unpaired) electrons. The molecule has 2 saturated carbocycles. The lowest BCUT2D eigenvalue weighted by Crippen LogP contribution is -2.74. The first-order chi connectivity index (χ1) is 28.1. The number of amides is 5. The minimum atomic E-state index is -0.995. The van der Waals surface area contributed by atoms with Crippen molar-refractivity contribution in [2.75, 3.05) is 18.0 Å². The number of nitrogens with one attached hydrogen (secondary N) is 2. The molecular formula is C44H48ClN7O7. The highest BCUT2D eigenvalue weighted by atomic mass is 35.5. The van der Waals surface area contributed by atoms with Crippen LogP contribution in [0.25, 0.3) is 4.85 Å². The maximum absolute atomic E-state index is 13.4. The van der Waals surface area contributed by atoms with Crippen LogP contribution in [0.2, 0.25) is 5.02 Å². The van der Waals surface area contributed by atoms with E-state index in [1.54, 1.807) is 42.5 Å². The van der Waals surface area contributed by atoms with Gasteiger partial charge in [-0.1, -0.05) is 51.8 Å². The first-order valence-corrected chi connectivity index (χ1v) is 20.8. The fourth-order valence-electron chi connectivity index (χ4n) is 10.1. The Morgan fingerprint density at radius 3 is 2.22 bits per heavy atom. The predicted molar refractivity (Wildman–Crippen MR) is 217 cm³/mol. The van der Waals surface area contributed by atoms with Gasteiger partial charge >= 0.3 is 0 Å². The van der Waals surface area contributed by atoms with E-state index in [2.05, 4.69) is 58.3 Å². The minimum Gasteiger partial charge on any atom is -0.490 e. The van der Waals surface area contributed by atoms with Gasteiger partial charge in [0.2, 0.25) is 17.5 Å². The first kappa shape index (κ1) is 40.2. The van der Waals surface area contributed by atoms with Crippen molar-refractivity contribution >= 4 is 52.6 Å². The highest BCUT2D eigenvalue weighted by Crippen LogP contribution is 2.56. The molecule has 0 spiro atoms. The summed E-state index contributed by atoms with van der Waals surface area (Å²) >= 11 is 6.24. The molecule has 3 aromatic rings. The zero-order valence-corrected chi connectivity index (χ0v) is 34.4. The lowest BCUT2D eigenvalue weighted by Gasteiger charge is -2.63. The summed E-state index contributed by atoms with van der Waals surface area (Å²) < 4.78 is 12.6. The van der Waals surface area contributed by atoms with E-state index in [0.29, 0.717) is 34.0 Å². The van der Waals surface area contributed by atoms with Gasteiger partial charge in [0.15, 0.2) is 11.5 Å². The average Bonchev–Trinajstić information content (AvgIpc) is 3.44. The maximum atomic E-state index is 13.4. The molecule has 59 heavy (non-hydrogen) atoms. The molecule has 5 amide bonds. The van der Waals surface area contributed by atoms with Gasteiger partial charge in [0.1, 0.15) is 23.6 Å². The van der Waals surface area contributed by atoms with Crippen molar-refractivity contribution < 1.29 is 33.4 Å². The fourth-order valence-corrected chi connectivity index (χ4v) is 10.3. The van der Waals surface area contributed by atoms with Crippen LogP contribution in [0.3, 0.4) is 0 Å². The van der Waals surface area contributed by atoms with Crippen molar-refractivity contribution in [1.82, 2.24) is 25.7 Å². The molecular weight excluding hydrogens is 774 g/mol. The number of ether oxygens (including phenoxy) is 2. The van der Waals surface area contributed by atoms with Gasteiger partial charge in [-0.05, 0) is 92.8 Å². The Morgan fingerprint density at radius 2 is 1.56 bits per heavy atom. The van der Waals surface area contributed by atoms with E-state index < -0.39 is 40.5 Å². The number of hydrogen-bond donors (Lipinski definition) is 2. The lowest BCUT2D eigenvalue weighted by molar-refractivity contribution is -0.164. The van der Waals surface area contributed by atoms with Crippen LogP contribution in [0.4, 0.5) is 11.5 Å². The molecule has 3 aliphatic heterocycles. The number of carbonyl (C=O) groups excluding carboxylic acids is 5. The Hall–Kier alpha value is -5.55. The molecule has 8 rings (SSSR count). The van der Waals surface area contributed by atoms with Gasteiger partial charge in [0.25, 0.3) is 17.7 Å². The van der Waals surface area contributed by atoms with Gasteiger partial charge in [0, 0.05) is 36.4 Å². The monoisotopic (exact) mass is 821 g/mol. The summed E-state index contributed by atoms with van der Waals surface area (Å²) in [5, 5.41) is 14.5. The Labute approximate surface area is 348 Å². The number of rotatable bonds is 11. The van der Waals surface area contributed by atoms with E-state index in [-0.39, 0.29) is 53.8 Å². The predicted octanol–water partition coefficient (Wildman–Crippen LogP) is 6.55. The molecule has 5 aliphatic rings. The van der Waals surface area contributed by atoms with E-state index >= 15 is 0 Å². The van der Waals surface area contributed by atoms with Crippen molar-refractivity contribution in [3.05, 3.63) is 81.8 Å². The molecule has 15 heteroatoms. The smallest absolute Gasteiger partial charge is 0.272 e. The number of benzene rings is 2. The van der Waals surface area contributed by atoms with Crippen LogP contribution in [-0.4, -0.2) is 82.0 Å². The van der Waals surface area contributed by atoms with E-state index in [1.807, 2.05) is 6.07 Å². The Morgan fingerprint density at radius 1 is 0.881 bits per heavy atom. The van der Waals surface area contributed by atoms with Crippen LogP contribution in [0.5, 0.6) is 11.5 Å². The first-order valence-electron chi connectivity index (χ1n) is 20.4. The van der Waals surface area contributed by atoms with Crippen LogP contribution in [0, 0.1) is 29.2 Å². The number of imide groups is 2. The third-order valence-corrected chi connectivity index (χ3v) is 13.4. The third kappa shape index (κ3) is 7.61. The third-order valence-electron chi connectivity index (χ3n) is 13.1. The molecule has 1 unspecified atom stereocenters. The molecule has 1 atom stereocenters. The standard InChI is InChI=1S/C44H48ClN7O7/c1-43(2)41(44(3,4)42(43)59-27-9-11-32(46-5)31(45)23-27)48-37(54)33-12-14-35(50-49-33)51-18-16-24(17-19-51)6-7-25-20-28(21-25)58-26-8-10-29-30(22-26)40(57)52(39(29)56)34-13-15-36(53)47-38(34)55/h8-12,14,22-25,28,34,41-42H,6-7,13,15-21H2,1-4H3,(H,48,54)(H,47,53,55). The molecule has 2 N–H and O–H groups in total. The van der Waals surface area contributed by atoms with E-state index in [9.17, 15) is 24.0 Å². The largest absolute Gasteiger partial charge is 0.490 e. The molecule has 308 valence electrons. The van der Waals surface area contributed by atoms with Crippen molar-refractivity contribution in [3.63, 3.8) is 0 Å². The quantitative estimate of drug-likeness (QED) is 0.160. The summed E-state index contributed by atoms with van der Waals surface area (Å²) in [5.74, 6) is 0.687. The lowest BCUT2D eigenvalue weighted by atomic mass is 9.49. The highest BCUT2D eigenvalue weighted by molar-refractivity contribution is 6.33. The van der Waals surface area contributed by atoms with Crippen LogP contribution < -0.4 is 25.0 Å². The van der Waals surface area contributed by atoms with Crippen LogP contribution in [-0.2, 0) is 9.59 Å². The Bertz CT molecular complexity index is 2230. The molecule has 2 saturated heterocycles. The number of halogens is 1. The van der Waals surface area contributed by atoms with Crippen molar-refractivity contribution in [2.24, 2.45) is 22.7 Å². The highest BCUT2D eigenvalue weighted by Gasteiger charge is 2.64. The van der Waals surface area contributed by atoms with E-state index in [4.69, 9.17) is 27.6 Å². The summed E-state index contributed by atoms with van der Waals surface area (Å²) in [6.45, 7) is 17.2. The van der Waals surface area contributed by atoms with Crippen molar-refractivity contribution in [1.29, 1.82) is 0 Å². The van der Waals surface area contributed by atoms with Crippen molar-refractivity contribution in [2.45, 2.75) is 103 Å². The Balaban J connectivity index is 0.756. The molecule has 2 aromatic carbocycles. The number of anilines is 1. The van der Waals surface area contributed by atoms with Crippen LogP contribution >= 0.6 is 11.6 Å². The molecule has 4 fully saturated rings. The zero-order valence-electron chi connectivity index (χ0n) is 33.6. The van der Waals surface area contributed by atoms with Crippen LogP contribution in [0.1, 0.15) is 110 Å². The summed E-state index contributed by atoms with van der Waals surface area (Å²) in [5.41, 5.74) is 0.316. The number of carbonyl (C=O) groups is 5. The summed E-state index contributed by atoms with van der Waals surface area (Å²) in [6, 6.07) is 12.4. The number of aromatic nitrogens is 2. The van der Waals surface area contributed by atoms with Gasteiger partial charge in [-0.25, -0.2) is 4.85 Å².